The molecule has 0 aromatic rings. The first-order valence-corrected chi connectivity index (χ1v) is 13.1. The van der Waals surface area contributed by atoms with Crippen LogP contribution in [0.2, 0.25) is 0 Å². The van der Waals surface area contributed by atoms with Crippen molar-refractivity contribution in [3.05, 3.63) is 0 Å². The zero-order chi connectivity index (χ0) is 26.2. The van der Waals surface area contributed by atoms with E-state index in [1.165, 1.54) is 32.1 Å². The fourth-order valence-corrected chi connectivity index (χ4v) is 3.79. The van der Waals surface area contributed by atoms with Gasteiger partial charge in [-0.25, -0.2) is 9.59 Å². The summed E-state index contributed by atoms with van der Waals surface area (Å²) in [5.41, 5.74) is 9.02. The number of esters is 1. The van der Waals surface area contributed by atoms with Crippen molar-refractivity contribution >= 4 is 17.8 Å². The number of ether oxygens (including phenoxy) is 2. The van der Waals surface area contributed by atoms with Gasteiger partial charge in [-0.05, 0) is 52.5 Å². The van der Waals surface area contributed by atoms with Crippen molar-refractivity contribution in [3.63, 3.8) is 0 Å². The average Bonchev–Trinajstić information content (AvgIpc) is 2.74. The third-order valence-electron chi connectivity index (χ3n) is 5.81. The number of carbonyl (C=O) groups excluding carboxylic acids is 3. The first-order chi connectivity index (χ1) is 15.9. The Balaban J connectivity index is 5.30. The maximum atomic E-state index is 13.5. The van der Waals surface area contributed by atoms with Crippen LogP contribution in [0.25, 0.3) is 0 Å². The summed E-state index contributed by atoms with van der Waals surface area (Å²) in [4.78, 5) is 39.4. The maximum absolute atomic E-state index is 13.5. The Hall–Kier alpha value is -1.67. The van der Waals surface area contributed by atoms with Crippen molar-refractivity contribution in [2.45, 2.75) is 129 Å². The fourth-order valence-electron chi connectivity index (χ4n) is 3.79. The predicted octanol–water partition coefficient (Wildman–Crippen LogP) is 4.62. The number of unbranched alkanes of at least 4 members (excludes halogenated alkanes) is 8. The molecule has 2 atom stereocenters. The summed E-state index contributed by atoms with van der Waals surface area (Å²) in [6.45, 7) is 11.4. The van der Waals surface area contributed by atoms with E-state index in [-0.39, 0.29) is 6.61 Å². The van der Waals surface area contributed by atoms with Gasteiger partial charge in [0, 0.05) is 0 Å². The minimum Gasteiger partial charge on any atom is -0.464 e. The van der Waals surface area contributed by atoms with Gasteiger partial charge in [-0.1, -0.05) is 72.1 Å². The number of nitrogens with one attached hydrogen (secondary N) is 1. The van der Waals surface area contributed by atoms with Crippen molar-refractivity contribution < 1.29 is 23.9 Å². The summed E-state index contributed by atoms with van der Waals surface area (Å²) in [6.07, 6.45) is 9.75. The van der Waals surface area contributed by atoms with E-state index in [0.717, 1.165) is 19.3 Å². The van der Waals surface area contributed by atoms with Crippen LogP contribution in [0.15, 0.2) is 0 Å². The number of carbonyl (C=O) groups is 3. The zero-order valence-corrected chi connectivity index (χ0v) is 22.5. The largest absolute Gasteiger partial charge is 0.464 e. The molecule has 0 heterocycles. The lowest BCUT2D eigenvalue weighted by Gasteiger charge is -2.36. The Labute approximate surface area is 207 Å². The average molecular weight is 486 g/mol. The smallest absolute Gasteiger partial charge is 0.408 e. The second kappa shape index (κ2) is 16.9. The minimum absolute atomic E-state index is 0.188. The molecule has 0 aromatic heterocycles. The molecule has 0 aromatic carbocycles. The van der Waals surface area contributed by atoms with E-state index < -0.39 is 40.9 Å². The van der Waals surface area contributed by atoms with Crippen LogP contribution >= 0.6 is 0 Å². The summed E-state index contributed by atoms with van der Waals surface area (Å²) in [7, 11) is 0. The van der Waals surface area contributed by atoms with E-state index in [0.29, 0.717) is 25.8 Å². The molecule has 0 saturated carbocycles. The summed E-state index contributed by atoms with van der Waals surface area (Å²) in [6, 6.07) is -0.931. The number of nitrogens with two attached hydrogens (primary N) is 2. The van der Waals surface area contributed by atoms with Crippen LogP contribution in [0.1, 0.15) is 112 Å². The van der Waals surface area contributed by atoms with Crippen molar-refractivity contribution in [3.8, 4) is 0 Å². The highest BCUT2D eigenvalue weighted by Crippen LogP contribution is 2.25. The molecule has 0 aliphatic rings. The SMILES string of the molecule is CCCCCCCCCCOC(=O)C(NC(=O)OC(C)(C)C)(C(=O)[C@@H](N)CCCCN)C(C)C. The lowest BCUT2D eigenvalue weighted by atomic mass is 9.78. The number of amides is 1. The van der Waals surface area contributed by atoms with Crippen LogP contribution in [0.3, 0.4) is 0 Å². The Morgan fingerprint density at radius 3 is 1.94 bits per heavy atom. The lowest BCUT2D eigenvalue weighted by Crippen LogP contribution is -2.68. The van der Waals surface area contributed by atoms with E-state index in [1.54, 1.807) is 34.6 Å². The fraction of sp³-hybridized carbons (Fsp3) is 0.885. The highest BCUT2D eigenvalue weighted by Gasteiger charge is 2.53. The molecule has 5 N–H and O–H groups in total. The van der Waals surface area contributed by atoms with Gasteiger partial charge in [0.1, 0.15) is 5.60 Å². The van der Waals surface area contributed by atoms with Crippen LogP contribution < -0.4 is 16.8 Å². The van der Waals surface area contributed by atoms with Crippen LogP contribution in [0.4, 0.5) is 4.79 Å². The number of Topliss-reactive ketones (excluding diaryl/α,β-unsaturated/α-hetero) is 1. The monoisotopic (exact) mass is 485 g/mol. The van der Waals surface area contributed by atoms with Gasteiger partial charge in [-0.15, -0.1) is 0 Å². The first kappa shape index (κ1) is 32.3. The van der Waals surface area contributed by atoms with Gasteiger partial charge >= 0.3 is 12.1 Å². The molecule has 0 rings (SSSR count). The zero-order valence-electron chi connectivity index (χ0n) is 22.5. The van der Waals surface area contributed by atoms with Gasteiger partial charge in [0.15, 0.2) is 5.78 Å². The molecular formula is C26H51N3O5. The molecule has 8 nitrogen and oxygen atoms in total. The molecule has 0 spiro atoms. The van der Waals surface area contributed by atoms with E-state index in [2.05, 4.69) is 12.2 Å². The highest BCUT2D eigenvalue weighted by atomic mass is 16.6. The minimum atomic E-state index is -1.91. The molecule has 34 heavy (non-hydrogen) atoms. The number of hydrogen-bond donors (Lipinski definition) is 3. The van der Waals surface area contributed by atoms with Crippen molar-refractivity contribution in [2.24, 2.45) is 17.4 Å². The molecule has 1 amide bonds. The molecule has 0 radical (unpaired) electrons. The topological polar surface area (TPSA) is 134 Å². The molecule has 8 heteroatoms. The van der Waals surface area contributed by atoms with Gasteiger partial charge in [-0.2, -0.15) is 0 Å². The van der Waals surface area contributed by atoms with Crippen molar-refractivity contribution in [1.29, 1.82) is 0 Å². The van der Waals surface area contributed by atoms with E-state index in [9.17, 15) is 14.4 Å². The quantitative estimate of drug-likeness (QED) is 0.146. The van der Waals surface area contributed by atoms with Crippen molar-refractivity contribution in [2.75, 3.05) is 13.2 Å². The Kier molecular flexibility index (Phi) is 16.0. The van der Waals surface area contributed by atoms with Gasteiger partial charge < -0.3 is 20.9 Å². The van der Waals surface area contributed by atoms with Gasteiger partial charge in [0.2, 0.25) is 5.54 Å². The molecule has 200 valence electrons. The first-order valence-electron chi connectivity index (χ1n) is 13.1. The summed E-state index contributed by atoms with van der Waals surface area (Å²) in [5, 5.41) is 2.55. The van der Waals surface area contributed by atoms with Gasteiger partial charge in [0.25, 0.3) is 0 Å². The van der Waals surface area contributed by atoms with Gasteiger partial charge in [0.05, 0.1) is 12.6 Å². The number of hydrogen-bond acceptors (Lipinski definition) is 7. The normalized spacial score (nSPS) is 14.4. The third kappa shape index (κ3) is 12.2. The van der Waals surface area contributed by atoms with E-state index >= 15 is 0 Å². The van der Waals surface area contributed by atoms with E-state index in [1.807, 2.05) is 0 Å². The number of alkyl carbamates (subject to hydrolysis) is 1. The molecule has 0 aliphatic heterocycles. The summed E-state index contributed by atoms with van der Waals surface area (Å²) < 4.78 is 10.9. The van der Waals surface area contributed by atoms with Crippen LogP contribution in [-0.4, -0.2) is 48.2 Å². The second-order valence-electron chi connectivity index (χ2n) is 10.5. The maximum Gasteiger partial charge on any atom is 0.408 e. The number of ketones is 1. The van der Waals surface area contributed by atoms with Gasteiger partial charge in [-0.3, -0.25) is 10.1 Å². The molecule has 1 unspecified atom stereocenters. The molecule has 0 bridgehead atoms. The molecule has 0 aliphatic carbocycles. The third-order valence-corrected chi connectivity index (χ3v) is 5.81. The number of rotatable bonds is 18. The second-order valence-corrected chi connectivity index (χ2v) is 10.5. The Bertz CT molecular complexity index is 604. The summed E-state index contributed by atoms with van der Waals surface area (Å²) >= 11 is 0. The predicted molar refractivity (Wildman–Crippen MR) is 136 cm³/mol. The van der Waals surface area contributed by atoms with Crippen LogP contribution in [0.5, 0.6) is 0 Å². The molecule has 0 fully saturated rings. The van der Waals surface area contributed by atoms with Crippen LogP contribution in [0, 0.1) is 5.92 Å². The van der Waals surface area contributed by atoms with Crippen LogP contribution in [-0.2, 0) is 19.1 Å². The summed E-state index contributed by atoms with van der Waals surface area (Å²) in [5.74, 6) is -1.93. The molecular weight excluding hydrogens is 434 g/mol. The lowest BCUT2D eigenvalue weighted by molar-refractivity contribution is -0.159. The highest BCUT2D eigenvalue weighted by molar-refractivity contribution is 6.12. The Morgan fingerprint density at radius 1 is 0.882 bits per heavy atom. The standard InChI is InChI=1S/C26H51N3O5/c1-7-8-9-10-11-12-13-16-19-33-23(31)26(20(2)3,29-24(32)34-25(4,5)6)22(30)21(28)17-14-15-18-27/h20-21H,7-19,27-28H2,1-6H3,(H,29,32)/t21-,26?/m0/s1. The van der Waals surface area contributed by atoms with Crippen molar-refractivity contribution in [1.82, 2.24) is 5.32 Å². The van der Waals surface area contributed by atoms with E-state index in [4.69, 9.17) is 20.9 Å². The Morgan fingerprint density at radius 2 is 1.44 bits per heavy atom. The molecule has 0 saturated heterocycles.